The highest BCUT2D eigenvalue weighted by Gasteiger charge is 1.97. The Kier molecular flexibility index (Phi) is 17.0. The number of ether oxygens (including phenoxy) is 5. The second kappa shape index (κ2) is 19.2. The van der Waals surface area contributed by atoms with E-state index >= 15 is 0 Å². The smallest absolute Gasteiger partial charge is 0.119 e. The predicted octanol–water partition coefficient (Wildman–Crippen LogP) is 3.40. The molecule has 1 aromatic carbocycles. The lowest BCUT2D eigenvalue weighted by molar-refractivity contribution is -0.00241. The molecule has 0 aliphatic heterocycles. The quantitative estimate of drug-likeness (QED) is 0.339. The standard InChI is InChI=1S/C22H39NO5.H2/c1-3-21(2)20-23-10-13-25-15-17-27-19-18-26-16-14-24-11-7-12-28-22-8-5-4-6-9-22;/h4-6,8-9,21,23H,3,7,10-20H2,1-2H3;1H. The topological polar surface area (TPSA) is 58.2 Å². The molecule has 0 amide bonds. The molecule has 0 radical (unpaired) electrons. The Morgan fingerprint density at radius 3 is 1.96 bits per heavy atom. The second-order valence-corrected chi connectivity index (χ2v) is 6.68. The largest absolute Gasteiger partial charge is 0.494 e. The Hall–Kier alpha value is -1.18. The van der Waals surface area contributed by atoms with E-state index in [0.29, 0.717) is 52.9 Å². The highest BCUT2D eigenvalue weighted by Crippen LogP contribution is 2.08. The van der Waals surface area contributed by atoms with Crippen LogP contribution in [0.2, 0.25) is 0 Å². The summed E-state index contributed by atoms with van der Waals surface area (Å²) < 4.78 is 27.6. The van der Waals surface area contributed by atoms with E-state index in [2.05, 4.69) is 19.2 Å². The molecule has 1 aromatic rings. The summed E-state index contributed by atoms with van der Waals surface area (Å²) in [5.41, 5.74) is 0. The molecule has 164 valence electrons. The van der Waals surface area contributed by atoms with Crippen molar-refractivity contribution in [2.45, 2.75) is 26.7 Å². The van der Waals surface area contributed by atoms with Gasteiger partial charge >= 0.3 is 0 Å². The van der Waals surface area contributed by atoms with E-state index in [0.717, 1.165) is 37.8 Å². The first kappa shape index (κ1) is 24.9. The SMILES string of the molecule is CCC(C)CNCCOCCOCCOCCOCCCOc1ccccc1.[HH]. The fraction of sp³-hybridized carbons (Fsp3) is 0.727. The monoisotopic (exact) mass is 399 g/mol. The van der Waals surface area contributed by atoms with Crippen molar-refractivity contribution in [2.24, 2.45) is 5.92 Å². The van der Waals surface area contributed by atoms with Gasteiger partial charge in [-0.1, -0.05) is 38.5 Å². The van der Waals surface area contributed by atoms with Crippen LogP contribution in [0.4, 0.5) is 0 Å². The van der Waals surface area contributed by atoms with Crippen molar-refractivity contribution in [3.8, 4) is 5.75 Å². The van der Waals surface area contributed by atoms with Crippen LogP contribution in [0.5, 0.6) is 5.75 Å². The number of hydrogen-bond donors (Lipinski definition) is 1. The molecule has 0 aromatic heterocycles. The Labute approximate surface area is 172 Å². The van der Waals surface area contributed by atoms with Gasteiger partial charge in [-0.05, 0) is 24.6 Å². The van der Waals surface area contributed by atoms with Crippen LogP contribution >= 0.6 is 0 Å². The van der Waals surface area contributed by atoms with Crippen molar-refractivity contribution in [2.75, 3.05) is 72.6 Å². The number of rotatable bonds is 20. The molecule has 0 saturated heterocycles. The van der Waals surface area contributed by atoms with Crippen molar-refractivity contribution in [3.05, 3.63) is 30.3 Å². The van der Waals surface area contributed by atoms with Crippen LogP contribution in [0.1, 0.15) is 28.1 Å². The zero-order valence-corrected chi connectivity index (χ0v) is 17.7. The van der Waals surface area contributed by atoms with Crippen LogP contribution < -0.4 is 10.1 Å². The summed E-state index contributed by atoms with van der Waals surface area (Å²) in [4.78, 5) is 0. The fourth-order valence-electron chi connectivity index (χ4n) is 2.27. The van der Waals surface area contributed by atoms with Crippen molar-refractivity contribution >= 4 is 0 Å². The van der Waals surface area contributed by atoms with Gasteiger partial charge in [0.05, 0.1) is 52.9 Å². The molecule has 0 aliphatic rings. The summed E-state index contributed by atoms with van der Waals surface area (Å²) in [6.45, 7) is 12.0. The molecular formula is C22H41NO5. The first-order valence-corrected chi connectivity index (χ1v) is 10.5. The minimum Gasteiger partial charge on any atom is -0.494 e. The van der Waals surface area contributed by atoms with E-state index in [1.807, 2.05) is 30.3 Å². The number of para-hydroxylation sites is 1. The van der Waals surface area contributed by atoms with Gasteiger partial charge in [0.25, 0.3) is 0 Å². The van der Waals surface area contributed by atoms with E-state index in [4.69, 9.17) is 23.7 Å². The Bertz CT molecular complexity index is 438. The van der Waals surface area contributed by atoms with Crippen LogP contribution in [0, 0.1) is 5.92 Å². The van der Waals surface area contributed by atoms with Crippen LogP contribution in [-0.4, -0.2) is 72.6 Å². The molecule has 0 bridgehead atoms. The average molecular weight is 400 g/mol. The summed E-state index contributed by atoms with van der Waals surface area (Å²) >= 11 is 0. The van der Waals surface area contributed by atoms with Crippen LogP contribution in [0.25, 0.3) is 0 Å². The molecule has 1 rings (SSSR count). The van der Waals surface area contributed by atoms with Crippen molar-refractivity contribution in [1.82, 2.24) is 5.32 Å². The lowest BCUT2D eigenvalue weighted by Crippen LogP contribution is -2.25. The zero-order chi connectivity index (χ0) is 20.1. The molecule has 0 heterocycles. The first-order chi connectivity index (χ1) is 13.8. The first-order valence-electron chi connectivity index (χ1n) is 10.5. The molecular weight excluding hydrogens is 358 g/mol. The number of hydrogen-bond acceptors (Lipinski definition) is 6. The molecule has 0 spiro atoms. The van der Waals surface area contributed by atoms with E-state index in [1.165, 1.54) is 6.42 Å². The van der Waals surface area contributed by atoms with Crippen LogP contribution in [-0.2, 0) is 18.9 Å². The third-order valence-electron chi connectivity index (χ3n) is 4.17. The maximum Gasteiger partial charge on any atom is 0.119 e. The normalized spacial score (nSPS) is 12.2. The summed E-state index contributed by atoms with van der Waals surface area (Å²) in [6, 6.07) is 9.81. The molecule has 0 aliphatic carbocycles. The molecule has 1 atom stereocenters. The second-order valence-electron chi connectivity index (χ2n) is 6.68. The van der Waals surface area contributed by atoms with Crippen molar-refractivity contribution < 1.29 is 25.1 Å². The van der Waals surface area contributed by atoms with Crippen LogP contribution in [0.15, 0.2) is 30.3 Å². The summed E-state index contributed by atoms with van der Waals surface area (Å²) in [6.07, 6.45) is 2.07. The maximum atomic E-state index is 5.60. The van der Waals surface area contributed by atoms with Gasteiger partial charge in [-0.3, -0.25) is 0 Å². The maximum absolute atomic E-state index is 5.60. The van der Waals surface area contributed by atoms with E-state index in [9.17, 15) is 0 Å². The average Bonchev–Trinajstić information content (AvgIpc) is 2.73. The van der Waals surface area contributed by atoms with Gasteiger partial charge in [0.2, 0.25) is 0 Å². The molecule has 0 fully saturated rings. The lowest BCUT2D eigenvalue weighted by Gasteiger charge is -2.10. The summed E-state index contributed by atoms with van der Waals surface area (Å²) in [5.74, 6) is 1.62. The van der Waals surface area contributed by atoms with Crippen molar-refractivity contribution in [3.63, 3.8) is 0 Å². The highest BCUT2D eigenvalue weighted by atomic mass is 16.6. The minimum absolute atomic E-state index is 0. The molecule has 0 saturated carbocycles. The fourth-order valence-corrected chi connectivity index (χ4v) is 2.27. The number of benzene rings is 1. The number of nitrogens with one attached hydrogen (secondary N) is 1. The van der Waals surface area contributed by atoms with Gasteiger partial charge in [-0.25, -0.2) is 0 Å². The van der Waals surface area contributed by atoms with Crippen molar-refractivity contribution in [1.29, 1.82) is 0 Å². The minimum atomic E-state index is 0. The zero-order valence-electron chi connectivity index (χ0n) is 17.7. The molecule has 6 heteroatoms. The van der Waals surface area contributed by atoms with Gasteiger partial charge in [-0.2, -0.15) is 0 Å². The van der Waals surface area contributed by atoms with Gasteiger partial charge in [-0.15, -0.1) is 0 Å². The summed E-state index contributed by atoms with van der Waals surface area (Å²) in [7, 11) is 0. The Balaban J connectivity index is 0.00000784. The van der Waals surface area contributed by atoms with Gasteiger partial charge < -0.3 is 29.0 Å². The molecule has 28 heavy (non-hydrogen) atoms. The highest BCUT2D eigenvalue weighted by molar-refractivity contribution is 5.20. The van der Waals surface area contributed by atoms with E-state index < -0.39 is 0 Å². The van der Waals surface area contributed by atoms with Gasteiger partial charge in [0.15, 0.2) is 0 Å². The van der Waals surface area contributed by atoms with Gasteiger partial charge in [0, 0.05) is 21.0 Å². The summed E-state index contributed by atoms with van der Waals surface area (Å²) in [5, 5.41) is 3.39. The van der Waals surface area contributed by atoms with E-state index in [-0.39, 0.29) is 1.43 Å². The Morgan fingerprint density at radius 1 is 0.786 bits per heavy atom. The molecule has 1 N–H and O–H groups in total. The third-order valence-corrected chi connectivity index (χ3v) is 4.17. The Morgan fingerprint density at radius 2 is 1.36 bits per heavy atom. The van der Waals surface area contributed by atoms with E-state index in [1.54, 1.807) is 0 Å². The lowest BCUT2D eigenvalue weighted by atomic mass is 10.1. The van der Waals surface area contributed by atoms with Gasteiger partial charge in [0.1, 0.15) is 5.75 Å². The van der Waals surface area contributed by atoms with Crippen LogP contribution in [0.3, 0.4) is 0 Å². The predicted molar refractivity (Wildman–Crippen MR) is 114 cm³/mol. The molecule has 1 unspecified atom stereocenters. The molecule has 6 nitrogen and oxygen atoms in total. The third kappa shape index (κ3) is 15.8.